The van der Waals surface area contributed by atoms with Gasteiger partial charge in [0.2, 0.25) is 0 Å². The number of halogens is 1. The second-order valence-electron chi connectivity index (χ2n) is 4.54. The maximum Gasteiger partial charge on any atom is 0.123 e. The number of rotatable bonds is 2. The molecule has 2 nitrogen and oxygen atoms in total. The van der Waals surface area contributed by atoms with E-state index in [2.05, 4.69) is 41.4 Å². The van der Waals surface area contributed by atoms with Crippen LogP contribution in [0, 0.1) is 12.7 Å². The molecular weight excluding hydrogens is 239 g/mol. The highest BCUT2D eigenvalue weighted by Gasteiger charge is 2.05. The highest BCUT2D eigenvalue weighted by Crippen LogP contribution is 2.24. The molecule has 1 aromatic heterocycles. The normalized spacial score (nSPS) is 10.6. The molecule has 0 amide bonds. The summed E-state index contributed by atoms with van der Waals surface area (Å²) in [4.78, 5) is 0. The summed E-state index contributed by atoms with van der Waals surface area (Å²) in [6.45, 7) is 2.06. The third kappa shape index (κ3) is 2.40. The lowest BCUT2D eigenvalue weighted by Crippen LogP contribution is -1.78. The minimum Gasteiger partial charge on any atom is -0.277 e. The van der Waals surface area contributed by atoms with Crippen LogP contribution in [0.25, 0.3) is 22.5 Å². The Morgan fingerprint density at radius 2 is 1.53 bits per heavy atom. The van der Waals surface area contributed by atoms with E-state index in [-0.39, 0.29) is 5.82 Å². The number of nitrogens with one attached hydrogen (secondary N) is 1. The monoisotopic (exact) mass is 252 g/mol. The van der Waals surface area contributed by atoms with Crippen LogP contribution in [-0.4, -0.2) is 10.2 Å². The average Bonchev–Trinajstić information content (AvgIpc) is 2.90. The first kappa shape index (κ1) is 11.7. The van der Waals surface area contributed by atoms with Gasteiger partial charge in [-0.1, -0.05) is 29.8 Å². The van der Waals surface area contributed by atoms with Crippen LogP contribution in [0.1, 0.15) is 5.56 Å². The Morgan fingerprint density at radius 1 is 0.895 bits per heavy atom. The SMILES string of the molecule is Cc1ccc(-c2cc(-c3ccc(F)cc3)n[nH]2)cc1. The maximum atomic E-state index is 12.9. The number of nitrogens with zero attached hydrogens (tertiary/aromatic N) is 1. The molecule has 3 heteroatoms. The van der Waals surface area contributed by atoms with Crippen LogP contribution in [0.15, 0.2) is 54.6 Å². The summed E-state index contributed by atoms with van der Waals surface area (Å²) in [5, 5.41) is 7.28. The van der Waals surface area contributed by atoms with Crippen LogP contribution in [0.3, 0.4) is 0 Å². The van der Waals surface area contributed by atoms with Gasteiger partial charge in [0.1, 0.15) is 5.82 Å². The Hall–Kier alpha value is -2.42. The van der Waals surface area contributed by atoms with Crippen molar-refractivity contribution >= 4 is 0 Å². The van der Waals surface area contributed by atoms with E-state index < -0.39 is 0 Å². The van der Waals surface area contributed by atoms with Crippen LogP contribution in [0.2, 0.25) is 0 Å². The van der Waals surface area contributed by atoms with Crippen molar-refractivity contribution in [1.82, 2.24) is 10.2 Å². The first-order valence-corrected chi connectivity index (χ1v) is 6.11. The van der Waals surface area contributed by atoms with E-state index >= 15 is 0 Å². The fraction of sp³-hybridized carbons (Fsp3) is 0.0625. The number of aryl methyl sites for hydroxylation is 1. The van der Waals surface area contributed by atoms with E-state index in [0.717, 1.165) is 22.5 Å². The summed E-state index contributed by atoms with van der Waals surface area (Å²) >= 11 is 0. The summed E-state index contributed by atoms with van der Waals surface area (Å²) in [5.74, 6) is -0.238. The minimum absolute atomic E-state index is 0.238. The van der Waals surface area contributed by atoms with Crippen LogP contribution in [-0.2, 0) is 0 Å². The molecule has 0 aliphatic carbocycles. The van der Waals surface area contributed by atoms with Crippen LogP contribution < -0.4 is 0 Å². The Balaban J connectivity index is 1.95. The molecule has 0 atom stereocenters. The molecule has 1 heterocycles. The number of benzene rings is 2. The van der Waals surface area contributed by atoms with Crippen LogP contribution >= 0.6 is 0 Å². The van der Waals surface area contributed by atoms with Gasteiger partial charge in [-0.25, -0.2) is 4.39 Å². The standard InChI is InChI=1S/C16H13FN2/c1-11-2-4-12(5-3-11)15-10-16(19-18-15)13-6-8-14(17)9-7-13/h2-10H,1H3,(H,18,19). The number of hydrogen-bond acceptors (Lipinski definition) is 1. The van der Waals surface area contributed by atoms with Crippen molar-refractivity contribution in [2.45, 2.75) is 6.92 Å². The Bertz CT molecular complexity index is 622. The van der Waals surface area contributed by atoms with E-state index in [1.165, 1.54) is 17.7 Å². The number of hydrogen-bond donors (Lipinski definition) is 1. The summed E-state index contributed by atoms with van der Waals surface area (Å²) in [6, 6.07) is 16.5. The Labute approximate surface area is 110 Å². The smallest absolute Gasteiger partial charge is 0.123 e. The number of aromatic nitrogens is 2. The molecule has 0 fully saturated rings. The lowest BCUT2D eigenvalue weighted by Gasteiger charge is -1.97. The van der Waals surface area contributed by atoms with Gasteiger partial charge in [0.25, 0.3) is 0 Å². The second-order valence-corrected chi connectivity index (χ2v) is 4.54. The third-order valence-corrected chi connectivity index (χ3v) is 3.08. The zero-order valence-corrected chi connectivity index (χ0v) is 10.5. The van der Waals surface area contributed by atoms with Gasteiger partial charge < -0.3 is 0 Å². The van der Waals surface area contributed by atoms with Gasteiger partial charge in [-0.05, 0) is 42.8 Å². The summed E-state index contributed by atoms with van der Waals surface area (Å²) in [6.07, 6.45) is 0. The summed E-state index contributed by atoms with van der Waals surface area (Å²) < 4.78 is 12.9. The van der Waals surface area contributed by atoms with Crippen molar-refractivity contribution in [2.24, 2.45) is 0 Å². The van der Waals surface area contributed by atoms with Gasteiger partial charge in [0, 0.05) is 5.56 Å². The van der Waals surface area contributed by atoms with Crippen molar-refractivity contribution in [1.29, 1.82) is 0 Å². The fourth-order valence-corrected chi connectivity index (χ4v) is 1.97. The van der Waals surface area contributed by atoms with Crippen molar-refractivity contribution in [2.75, 3.05) is 0 Å². The van der Waals surface area contributed by atoms with Gasteiger partial charge in [0.15, 0.2) is 0 Å². The zero-order chi connectivity index (χ0) is 13.2. The van der Waals surface area contributed by atoms with Gasteiger partial charge >= 0.3 is 0 Å². The molecule has 1 N–H and O–H groups in total. The van der Waals surface area contributed by atoms with E-state index in [4.69, 9.17) is 0 Å². The molecule has 0 saturated heterocycles. The Morgan fingerprint density at radius 3 is 2.21 bits per heavy atom. The second kappa shape index (κ2) is 4.69. The van der Waals surface area contributed by atoms with Crippen LogP contribution in [0.5, 0.6) is 0 Å². The molecule has 3 rings (SSSR count). The minimum atomic E-state index is -0.238. The molecule has 2 aromatic carbocycles. The molecule has 0 spiro atoms. The highest BCUT2D eigenvalue weighted by atomic mass is 19.1. The van der Waals surface area contributed by atoms with Gasteiger partial charge in [-0.15, -0.1) is 0 Å². The summed E-state index contributed by atoms with van der Waals surface area (Å²) in [7, 11) is 0. The highest BCUT2D eigenvalue weighted by molar-refractivity contribution is 5.68. The van der Waals surface area contributed by atoms with E-state index in [0.29, 0.717) is 0 Å². The number of aromatic amines is 1. The van der Waals surface area contributed by atoms with E-state index in [1.54, 1.807) is 12.1 Å². The lowest BCUT2D eigenvalue weighted by atomic mass is 10.1. The van der Waals surface area contributed by atoms with Crippen molar-refractivity contribution in [3.8, 4) is 22.5 Å². The third-order valence-electron chi connectivity index (χ3n) is 3.08. The lowest BCUT2D eigenvalue weighted by molar-refractivity contribution is 0.628. The Kier molecular flexibility index (Phi) is 2.88. The first-order chi connectivity index (χ1) is 9.22. The molecule has 0 aliphatic rings. The van der Waals surface area contributed by atoms with Crippen molar-refractivity contribution in [3.63, 3.8) is 0 Å². The molecule has 0 unspecified atom stereocenters. The fourth-order valence-electron chi connectivity index (χ4n) is 1.97. The first-order valence-electron chi connectivity index (χ1n) is 6.11. The topological polar surface area (TPSA) is 28.7 Å². The van der Waals surface area contributed by atoms with Gasteiger partial charge in [0.05, 0.1) is 11.4 Å². The van der Waals surface area contributed by atoms with Crippen molar-refractivity contribution < 1.29 is 4.39 Å². The molecule has 19 heavy (non-hydrogen) atoms. The molecule has 0 saturated carbocycles. The quantitative estimate of drug-likeness (QED) is 0.727. The number of H-pyrrole nitrogens is 1. The molecule has 3 aromatic rings. The molecule has 0 bridgehead atoms. The van der Waals surface area contributed by atoms with E-state index in [1.807, 2.05) is 6.07 Å². The molecule has 94 valence electrons. The zero-order valence-electron chi connectivity index (χ0n) is 10.5. The van der Waals surface area contributed by atoms with Gasteiger partial charge in [-0.2, -0.15) is 5.10 Å². The van der Waals surface area contributed by atoms with Crippen molar-refractivity contribution in [3.05, 3.63) is 66.0 Å². The average molecular weight is 252 g/mol. The molecular formula is C16H13FN2. The predicted octanol–water partition coefficient (Wildman–Crippen LogP) is 4.19. The van der Waals surface area contributed by atoms with E-state index in [9.17, 15) is 4.39 Å². The maximum absolute atomic E-state index is 12.9. The predicted molar refractivity (Wildman–Crippen MR) is 74.2 cm³/mol. The molecule has 0 radical (unpaired) electrons. The molecule has 0 aliphatic heterocycles. The largest absolute Gasteiger partial charge is 0.277 e. The van der Waals surface area contributed by atoms with Crippen LogP contribution in [0.4, 0.5) is 4.39 Å². The van der Waals surface area contributed by atoms with Gasteiger partial charge in [-0.3, -0.25) is 5.10 Å². The summed E-state index contributed by atoms with van der Waals surface area (Å²) in [5.41, 5.74) is 4.99.